The zero-order valence-corrected chi connectivity index (χ0v) is 13.8. The van der Waals surface area contributed by atoms with Crippen LogP contribution >= 0.6 is 0 Å². The minimum atomic E-state index is 0.652. The number of para-hydroxylation sites is 1. The topological polar surface area (TPSA) is 56.3 Å². The van der Waals surface area contributed by atoms with Crippen LogP contribution in [-0.2, 0) is 0 Å². The normalized spacial score (nSPS) is 11.8. The van der Waals surface area contributed by atoms with Crippen LogP contribution in [0.25, 0.3) is 22.2 Å². The lowest BCUT2D eigenvalue weighted by Gasteiger charge is -2.22. The standard InChI is InChI=1S/C19H19N3O2/c1-3-4-11-20-19-21-13-9-10-15(23-2)18-16(13)17(22-19)12-7-5-6-8-14(12)24-18/h5-10H,3-4,11H2,1-2H3,(H,20,21,22). The molecule has 0 aliphatic carbocycles. The molecule has 0 amide bonds. The lowest BCUT2D eigenvalue weighted by Crippen LogP contribution is -2.08. The molecule has 0 atom stereocenters. The van der Waals surface area contributed by atoms with Crippen molar-refractivity contribution in [2.24, 2.45) is 0 Å². The first-order valence-corrected chi connectivity index (χ1v) is 8.21. The van der Waals surface area contributed by atoms with Crippen LogP contribution in [0.1, 0.15) is 19.8 Å². The summed E-state index contributed by atoms with van der Waals surface area (Å²) in [4.78, 5) is 9.40. The summed E-state index contributed by atoms with van der Waals surface area (Å²) in [5.41, 5.74) is 2.71. The Kier molecular flexibility index (Phi) is 3.69. The number of rotatable bonds is 5. The highest BCUT2D eigenvalue weighted by molar-refractivity contribution is 6.02. The van der Waals surface area contributed by atoms with Gasteiger partial charge in [0.1, 0.15) is 5.75 Å². The summed E-state index contributed by atoms with van der Waals surface area (Å²) < 4.78 is 11.5. The summed E-state index contributed by atoms with van der Waals surface area (Å²) in [7, 11) is 1.64. The summed E-state index contributed by atoms with van der Waals surface area (Å²) in [6, 6.07) is 11.8. The molecule has 1 N–H and O–H groups in total. The summed E-state index contributed by atoms with van der Waals surface area (Å²) in [5, 5.41) is 4.22. The van der Waals surface area contributed by atoms with Crippen molar-refractivity contribution >= 4 is 16.9 Å². The fourth-order valence-corrected chi connectivity index (χ4v) is 2.95. The second kappa shape index (κ2) is 6.00. The summed E-state index contributed by atoms with van der Waals surface area (Å²) in [6.45, 7) is 3.03. The van der Waals surface area contributed by atoms with E-state index in [-0.39, 0.29) is 0 Å². The zero-order valence-electron chi connectivity index (χ0n) is 13.8. The van der Waals surface area contributed by atoms with E-state index in [0.29, 0.717) is 17.4 Å². The number of ether oxygens (including phenoxy) is 2. The summed E-state index contributed by atoms with van der Waals surface area (Å²) >= 11 is 0. The van der Waals surface area contributed by atoms with Gasteiger partial charge in [0, 0.05) is 12.1 Å². The third-order valence-electron chi connectivity index (χ3n) is 4.17. The first kappa shape index (κ1) is 14.8. The van der Waals surface area contributed by atoms with Crippen LogP contribution in [0.5, 0.6) is 17.2 Å². The van der Waals surface area contributed by atoms with Crippen LogP contribution in [0.4, 0.5) is 5.95 Å². The molecule has 2 heterocycles. The molecule has 1 aliphatic rings. The van der Waals surface area contributed by atoms with Crippen LogP contribution in [0, 0.1) is 0 Å². The molecule has 5 heteroatoms. The molecule has 4 rings (SSSR count). The number of unbranched alkanes of at least 4 members (excludes halogenated alkanes) is 1. The maximum atomic E-state index is 6.08. The smallest absolute Gasteiger partial charge is 0.223 e. The fourth-order valence-electron chi connectivity index (χ4n) is 2.95. The van der Waals surface area contributed by atoms with Crippen LogP contribution in [0.2, 0.25) is 0 Å². The number of methoxy groups -OCH3 is 1. The van der Waals surface area contributed by atoms with Gasteiger partial charge in [0.05, 0.1) is 23.7 Å². The Bertz CT molecular complexity index is 908. The Morgan fingerprint density at radius 3 is 2.83 bits per heavy atom. The van der Waals surface area contributed by atoms with Crippen molar-refractivity contribution in [1.29, 1.82) is 0 Å². The second-order valence-corrected chi connectivity index (χ2v) is 5.77. The molecule has 122 valence electrons. The van der Waals surface area contributed by atoms with Crippen LogP contribution in [0.3, 0.4) is 0 Å². The molecule has 0 saturated carbocycles. The largest absolute Gasteiger partial charge is 0.493 e. The van der Waals surface area contributed by atoms with E-state index < -0.39 is 0 Å². The molecule has 1 aromatic heterocycles. The number of nitrogens with one attached hydrogen (secondary N) is 1. The molecule has 0 radical (unpaired) electrons. The maximum absolute atomic E-state index is 6.08. The molecular formula is C19H19N3O2. The first-order chi connectivity index (χ1) is 11.8. The van der Waals surface area contributed by atoms with E-state index in [1.165, 1.54) is 0 Å². The molecule has 3 aromatic rings. The van der Waals surface area contributed by atoms with Gasteiger partial charge >= 0.3 is 0 Å². The van der Waals surface area contributed by atoms with Gasteiger partial charge in [0.25, 0.3) is 0 Å². The Hall–Kier alpha value is -2.82. The van der Waals surface area contributed by atoms with Crippen LogP contribution < -0.4 is 14.8 Å². The number of hydrogen-bond acceptors (Lipinski definition) is 5. The van der Waals surface area contributed by atoms with Gasteiger partial charge in [-0.2, -0.15) is 0 Å². The highest BCUT2D eigenvalue weighted by Gasteiger charge is 2.25. The van der Waals surface area contributed by atoms with Gasteiger partial charge in [0.15, 0.2) is 11.5 Å². The zero-order chi connectivity index (χ0) is 16.5. The van der Waals surface area contributed by atoms with Gasteiger partial charge in [-0.3, -0.25) is 0 Å². The van der Waals surface area contributed by atoms with Crippen LogP contribution in [-0.4, -0.2) is 23.6 Å². The number of benzene rings is 2. The van der Waals surface area contributed by atoms with E-state index in [4.69, 9.17) is 14.5 Å². The van der Waals surface area contributed by atoms with Gasteiger partial charge in [-0.25, -0.2) is 9.97 Å². The van der Waals surface area contributed by atoms with E-state index in [2.05, 4.69) is 17.2 Å². The molecule has 1 aliphatic heterocycles. The van der Waals surface area contributed by atoms with E-state index in [9.17, 15) is 0 Å². The number of anilines is 1. The molecular weight excluding hydrogens is 302 g/mol. The summed E-state index contributed by atoms with van der Waals surface area (Å²) in [6.07, 6.45) is 2.22. The second-order valence-electron chi connectivity index (χ2n) is 5.77. The SMILES string of the molecule is CCCCNc1nc2c3c(c(OC)ccc3n1)Oc1ccccc1-2. The van der Waals surface area contributed by atoms with Crippen molar-refractivity contribution in [3.63, 3.8) is 0 Å². The van der Waals surface area contributed by atoms with Crippen LogP contribution in [0.15, 0.2) is 36.4 Å². The third-order valence-corrected chi connectivity index (χ3v) is 4.17. The molecule has 5 nitrogen and oxygen atoms in total. The summed E-state index contributed by atoms with van der Waals surface area (Å²) in [5.74, 6) is 2.81. The van der Waals surface area contributed by atoms with Crippen molar-refractivity contribution in [2.75, 3.05) is 19.0 Å². The van der Waals surface area contributed by atoms with E-state index in [1.807, 2.05) is 36.4 Å². The molecule has 0 fully saturated rings. The Morgan fingerprint density at radius 1 is 1.12 bits per heavy atom. The molecule has 0 spiro atoms. The van der Waals surface area contributed by atoms with Crippen molar-refractivity contribution in [3.05, 3.63) is 36.4 Å². The molecule has 24 heavy (non-hydrogen) atoms. The van der Waals surface area contributed by atoms with Gasteiger partial charge in [-0.15, -0.1) is 0 Å². The first-order valence-electron chi connectivity index (χ1n) is 8.21. The lowest BCUT2D eigenvalue weighted by molar-refractivity contribution is 0.381. The van der Waals surface area contributed by atoms with E-state index in [0.717, 1.165) is 47.3 Å². The monoisotopic (exact) mass is 321 g/mol. The van der Waals surface area contributed by atoms with E-state index >= 15 is 0 Å². The molecule has 0 saturated heterocycles. The quantitative estimate of drug-likeness (QED) is 0.543. The highest BCUT2D eigenvalue weighted by atomic mass is 16.5. The average Bonchev–Trinajstić information content (AvgIpc) is 2.62. The number of nitrogens with zero attached hydrogens (tertiary/aromatic N) is 2. The minimum absolute atomic E-state index is 0.652. The van der Waals surface area contributed by atoms with Crippen molar-refractivity contribution < 1.29 is 9.47 Å². The number of aromatic nitrogens is 2. The lowest BCUT2D eigenvalue weighted by atomic mass is 10.0. The Balaban J connectivity index is 1.94. The van der Waals surface area contributed by atoms with E-state index in [1.54, 1.807) is 7.11 Å². The van der Waals surface area contributed by atoms with Gasteiger partial charge in [0.2, 0.25) is 5.95 Å². The molecule has 0 unspecified atom stereocenters. The maximum Gasteiger partial charge on any atom is 0.223 e. The fraction of sp³-hybridized carbons (Fsp3) is 0.263. The van der Waals surface area contributed by atoms with Gasteiger partial charge in [-0.1, -0.05) is 25.5 Å². The number of hydrogen-bond donors (Lipinski definition) is 1. The molecule has 2 aromatic carbocycles. The predicted molar refractivity (Wildman–Crippen MR) is 95.0 cm³/mol. The average molecular weight is 321 g/mol. The Labute approximate surface area is 140 Å². The molecule has 0 bridgehead atoms. The highest BCUT2D eigenvalue weighted by Crippen LogP contribution is 2.49. The predicted octanol–water partition coefficient (Wildman–Crippen LogP) is 4.62. The van der Waals surface area contributed by atoms with Crippen molar-refractivity contribution in [2.45, 2.75) is 19.8 Å². The van der Waals surface area contributed by atoms with Crippen molar-refractivity contribution in [3.8, 4) is 28.5 Å². The van der Waals surface area contributed by atoms with Crippen molar-refractivity contribution in [1.82, 2.24) is 9.97 Å². The number of fused-ring (bicyclic) bond motifs is 2. The Morgan fingerprint density at radius 2 is 2.00 bits per heavy atom. The van der Waals surface area contributed by atoms with Gasteiger partial charge < -0.3 is 14.8 Å². The third kappa shape index (κ3) is 2.33. The minimum Gasteiger partial charge on any atom is -0.493 e. The van der Waals surface area contributed by atoms with Gasteiger partial charge in [-0.05, 0) is 30.7 Å².